The highest BCUT2D eigenvalue weighted by Gasteiger charge is 2.18. The van der Waals surface area contributed by atoms with Gasteiger partial charge in [-0.05, 0) is 18.2 Å². The Bertz CT molecular complexity index is 817. The molecule has 8 heteroatoms. The van der Waals surface area contributed by atoms with Gasteiger partial charge >= 0.3 is 5.69 Å². The minimum atomic E-state index is -3.61. The zero-order valence-corrected chi connectivity index (χ0v) is 10.5. The van der Waals surface area contributed by atoms with Crippen molar-refractivity contribution in [2.24, 2.45) is 0 Å². The molecule has 0 amide bonds. The van der Waals surface area contributed by atoms with Crippen LogP contribution in [0.1, 0.15) is 0 Å². The second-order valence-corrected chi connectivity index (χ2v) is 6.05. The van der Waals surface area contributed by atoms with E-state index in [4.69, 9.17) is 0 Å². The highest BCUT2D eigenvalue weighted by atomic mass is 32.2. The van der Waals surface area contributed by atoms with Crippen molar-refractivity contribution in [3.8, 4) is 0 Å². The van der Waals surface area contributed by atoms with Crippen LogP contribution in [-0.2, 0) is 10.0 Å². The average molecular weight is 269 g/mol. The molecular weight excluding hydrogens is 258 g/mol. The average Bonchev–Trinajstić information content (AvgIpc) is 2.27. The van der Waals surface area contributed by atoms with Gasteiger partial charge in [-0.3, -0.25) is 9.78 Å². The first-order chi connectivity index (χ1) is 8.32. The van der Waals surface area contributed by atoms with Gasteiger partial charge in [-0.2, -0.15) is 0 Å². The van der Waals surface area contributed by atoms with Gasteiger partial charge in [0.05, 0.1) is 15.8 Å². The molecule has 2 aromatic rings. The minimum absolute atomic E-state index is 0.00227. The smallest absolute Gasteiger partial charge is 0.307 e. The van der Waals surface area contributed by atoms with Crippen LogP contribution in [0.15, 0.2) is 32.7 Å². The maximum Gasteiger partial charge on any atom is 0.326 e. The normalized spacial score (nSPS) is 12.2. The molecule has 0 bridgehead atoms. The van der Waals surface area contributed by atoms with Crippen LogP contribution in [0, 0.1) is 0 Å². The zero-order chi connectivity index (χ0) is 13.5. The fourth-order valence-electron chi connectivity index (χ4n) is 1.52. The van der Waals surface area contributed by atoms with Crippen LogP contribution in [0.3, 0.4) is 0 Å². The number of aromatic amines is 2. The largest absolute Gasteiger partial charge is 0.326 e. The van der Waals surface area contributed by atoms with Crippen molar-refractivity contribution < 1.29 is 8.42 Å². The van der Waals surface area contributed by atoms with Gasteiger partial charge in [0, 0.05) is 14.1 Å². The maximum absolute atomic E-state index is 11.9. The fourth-order valence-corrected chi connectivity index (χ4v) is 2.44. The van der Waals surface area contributed by atoms with Crippen molar-refractivity contribution in [2.75, 3.05) is 14.1 Å². The molecule has 7 nitrogen and oxygen atoms in total. The van der Waals surface area contributed by atoms with E-state index in [1.54, 1.807) is 0 Å². The van der Waals surface area contributed by atoms with E-state index in [9.17, 15) is 18.0 Å². The predicted octanol–water partition coefficient (Wildman–Crippen LogP) is -0.533. The standard InChI is InChI=1S/C10H11N3O4S/c1-13(2)18(16,17)6-3-4-8-7(5-6)9(14)12-10(15)11-8/h3-5H,1-2H3,(H2,11,12,14,15). The molecule has 0 aliphatic carbocycles. The van der Waals surface area contributed by atoms with Gasteiger partial charge in [-0.25, -0.2) is 17.5 Å². The number of sulfonamides is 1. The van der Waals surface area contributed by atoms with E-state index in [0.717, 1.165) is 4.31 Å². The zero-order valence-electron chi connectivity index (χ0n) is 9.72. The van der Waals surface area contributed by atoms with Crippen LogP contribution in [0.5, 0.6) is 0 Å². The van der Waals surface area contributed by atoms with Crippen molar-refractivity contribution >= 4 is 20.9 Å². The van der Waals surface area contributed by atoms with Crippen LogP contribution in [0.4, 0.5) is 0 Å². The molecule has 0 spiro atoms. The van der Waals surface area contributed by atoms with E-state index in [1.165, 1.54) is 32.3 Å². The third-order valence-electron chi connectivity index (χ3n) is 2.49. The third-order valence-corrected chi connectivity index (χ3v) is 4.30. The summed E-state index contributed by atoms with van der Waals surface area (Å²) in [7, 11) is -0.808. The molecule has 0 atom stereocenters. The molecule has 2 N–H and O–H groups in total. The van der Waals surface area contributed by atoms with E-state index in [2.05, 4.69) is 4.98 Å². The second kappa shape index (κ2) is 4.07. The number of benzene rings is 1. The Labute approximate surface area is 102 Å². The minimum Gasteiger partial charge on any atom is -0.307 e. The van der Waals surface area contributed by atoms with Crippen LogP contribution >= 0.6 is 0 Å². The number of aromatic nitrogens is 2. The fraction of sp³-hybridized carbons (Fsp3) is 0.200. The lowest BCUT2D eigenvalue weighted by molar-refractivity contribution is 0.521. The van der Waals surface area contributed by atoms with Crippen molar-refractivity contribution in [3.05, 3.63) is 39.0 Å². The summed E-state index contributed by atoms with van der Waals surface area (Å²) >= 11 is 0. The van der Waals surface area contributed by atoms with E-state index in [1.807, 2.05) is 4.98 Å². The Balaban J connectivity index is 2.81. The number of H-pyrrole nitrogens is 2. The topological polar surface area (TPSA) is 103 Å². The Kier molecular flexibility index (Phi) is 2.83. The van der Waals surface area contributed by atoms with Gasteiger partial charge in [0.25, 0.3) is 5.56 Å². The Morgan fingerprint density at radius 3 is 2.39 bits per heavy atom. The van der Waals surface area contributed by atoms with Crippen molar-refractivity contribution in [3.63, 3.8) is 0 Å². The van der Waals surface area contributed by atoms with Crippen LogP contribution < -0.4 is 11.2 Å². The Morgan fingerprint density at radius 2 is 1.78 bits per heavy atom. The molecule has 96 valence electrons. The second-order valence-electron chi connectivity index (χ2n) is 3.90. The summed E-state index contributed by atoms with van der Waals surface area (Å²) in [4.78, 5) is 27.1. The first-order valence-corrected chi connectivity index (χ1v) is 6.45. The number of fused-ring (bicyclic) bond motifs is 1. The monoisotopic (exact) mass is 269 g/mol. The molecule has 0 aliphatic heterocycles. The molecule has 1 heterocycles. The molecule has 0 saturated heterocycles. The van der Waals surface area contributed by atoms with E-state index in [0.29, 0.717) is 5.52 Å². The predicted molar refractivity (Wildman–Crippen MR) is 66.1 cm³/mol. The quantitative estimate of drug-likeness (QED) is 0.764. The highest BCUT2D eigenvalue weighted by molar-refractivity contribution is 7.89. The molecule has 2 rings (SSSR count). The molecular formula is C10H11N3O4S. The first kappa shape index (κ1) is 12.5. The molecule has 0 aliphatic rings. The van der Waals surface area contributed by atoms with Gasteiger partial charge in [0.2, 0.25) is 10.0 Å². The number of rotatable bonds is 2. The van der Waals surface area contributed by atoms with Gasteiger partial charge in [0.1, 0.15) is 0 Å². The summed E-state index contributed by atoms with van der Waals surface area (Å²) in [6.45, 7) is 0. The van der Waals surface area contributed by atoms with E-state index >= 15 is 0 Å². The SMILES string of the molecule is CN(C)S(=O)(=O)c1ccc2[nH]c(=O)[nH]c(=O)c2c1. The first-order valence-electron chi connectivity index (χ1n) is 5.01. The van der Waals surface area contributed by atoms with Crippen LogP contribution in [0.25, 0.3) is 10.9 Å². The number of hydrogen-bond donors (Lipinski definition) is 2. The number of nitrogens with one attached hydrogen (secondary N) is 2. The lowest BCUT2D eigenvalue weighted by Gasteiger charge is -2.11. The molecule has 0 radical (unpaired) electrons. The molecule has 0 unspecified atom stereocenters. The van der Waals surface area contributed by atoms with Crippen LogP contribution in [0.2, 0.25) is 0 Å². The summed E-state index contributed by atoms with van der Waals surface area (Å²) < 4.78 is 24.8. The van der Waals surface area contributed by atoms with E-state index in [-0.39, 0.29) is 10.3 Å². The Morgan fingerprint density at radius 1 is 1.11 bits per heavy atom. The van der Waals surface area contributed by atoms with Gasteiger partial charge < -0.3 is 4.98 Å². The lowest BCUT2D eigenvalue weighted by atomic mass is 10.2. The summed E-state index contributed by atoms with van der Waals surface area (Å²) in [5, 5.41) is 0.123. The summed E-state index contributed by atoms with van der Waals surface area (Å²) in [6, 6.07) is 3.97. The van der Waals surface area contributed by atoms with Gasteiger partial charge in [0.15, 0.2) is 0 Å². The summed E-state index contributed by atoms with van der Waals surface area (Å²) in [6.07, 6.45) is 0. The molecule has 1 aromatic carbocycles. The Hall–Kier alpha value is -1.93. The van der Waals surface area contributed by atoms with Gasteiger partial charge in [-0.15, -0.1) is 0 Å². The number of nitrogens with zero attached hydrogens (tertiary/aromatic N) is 1. The van der Waals surface area contributed by atoms with Crippen molar-refractivity contribution in [2.45, 2.75) is 4.90 Å². The highest BCUT2D eigenvalue weighted by Crippen LogP contribution is 2.16. The lowest BCUT2D eigenvalue weighted by Crippen LogP contribution is -2.24. The van der Waals surface area contributed by atoms with Gasteiger partial charge in [-0.1, -0.05) is 0 Å². The van der Waals surface area contributed by atoms with E-state index < -0.39 is 21.3 Å². The molecule has 18 heavy (non-hydrogen) atoms. The van der Waals surface area contributed by atoms with Crippen LogP contribution in [-0.4, -0.2) is 36.8 Å². The molecule has 0 fully saturated rings. The van der Waals surface area contributed by atoms with Crippen molar-refractivity contribution in [1.29, 1.82) is 0 Å². The summed E-state index contributed by atoms with van der Waals surface area (Å²) in [5.41, 5.74) is -0.957. The summed E-state index contributed by atoms with van der Waals surface area (Å²) in [5.74, 6) is 0. The maximum atomic E-state index is 11.9. The number of hydrogen-bond acceptors (Lipinski definition) is 4. The van der Waals surface area contributed by atoms with Crippen molar-refractivity contribution in [1.82, 2.24) is 14.3 Å². The third kappa shape index (κ3) is 1.95. The molecule has 1 aromatic heterocycles. The molecule has 0 saturated carbocycles.